The highest BCUT2D eigenvalue weighted by molar-refractivity contribution is 5.45. The molecule has 1 aromatic rings. The molecule has 2 aliphatic rings. The number of nitrogens with zero attached hydrogens (tertiary/aromatic N) is 1. The van der Waals surface area contributed by atoms with Crippen molar-refractivity contribution < 1.29 is 14.6 Å². The average molecular weight is 277 g/mol. The molecule has 4 nitrogen and oxygen atoms in total. The minimum Gasteiger partial charge on any atom is -0.504 e. The summed E-state index contributed by atoms with van der Waals surface area (Å²) in [6.45, 7) is 2.51. The molecule has 110 valence electrons. The maximum atomic E-state index is 10.2. The number of aromatic hydroxyl groups is 1. The molecule has 1 N–H and O–H groups in total. The summed E-state index contributed by atoms with van der Waals surface area (Å²) in [4.78, 5) is 2.46. The zero-order valence-electron chi connectivity index (χ0n) is 12.0. The summed E-state index contributed by atoms with van der Waals surface area (Å²) >= 11 is 0. The van der Waals surface area contributed by atoms with Crippen molar-refractivity contribution in [3.63, 3.8) is 0 Å². The number of benzene rings is 1. The zero-order chi connectivity index (χ0) is 13.9. The van der Waals surface area contributed by atoms with Crippen molar-refractivity contribution in [2.75, 3.05) is 20.3 Å². The molecular weight excluding hydrogens is 254 g/mol. The highest BCUT2D eigenvalue weighted by atomic mass is 16.5. The fraction of sp³-hybridized carbons (Fsp3) is 0.625. The largest absolute Gasteiger partial charge is 0.504 e. The van der Waals surface area contributed by atoms with Crippen molar-refractivity contribution in [3.05, 3.63) is 23.8 Å². The number of hydrogen-bond acceptors (Lipinski definition) is 4. The fourth-order valence-electron chi connectivity index (χ4n) is 3.45. The van der Waals surface area contributed by atoms with E-state index in [2.05, 4.69) is 4.90 Å². The second kappa shape index (κ2) is 6.02. The topological polar surface area (TPSA) is 41.9 Å². The summed E-state index contributed by atoms with van der Waals surface area (Å²) in [5.41, 5.74) is 0.940. The number of morpholine rings is 1. The lowest BCUT2D eigenvalue weighted by molar-refractivity contribution is -0.0912. The quantitative estimate of drug-likeness (QED) is 0.922. The Morgan fingerprint density at radius 2 is 2.20 bits per heavy atom. The first-order chi connectivity index (χ1) is 9.79. The molecule has 3 rings (SSSR count). The number of para-hydroxylation sites is 1. The summed E-state index contributed by atoms with van der Waals surface area (Å²) in [5.74, 6) is 0.824. The van der Waals surface area contributed by atoms with Gasteiger partial charge in [0.15, 0.2) is 11.5 Å². The van der Waals surface area contributed by atoms with E-state index in [4.69, 9.17) is 9.47 Å². The Morgan fingerprint density at radius 1 is 1.35 bits per heavy atom. The molecule has 0 spiro atoms. The Hall–Kier alpha value is -1.26. The number of phenolic OH excluding ortho intramolecular Hbond substituents is 1. The van der Waals surface area contributed by atoms with Crippen LogP contribution in [-0.4, -0.2) is 42.4 Å². The van der Waals surface area contributed by atoms with Gasteiger partial charge in [-0.2, -0.15) is 0 Å². The van der Waals surface area contributed by atoms with Crippen LogP contribution in [0.1, 0.15) is 31.2 Å². The van der Waals surface area contributed by atoms with Crippen molar-refractivity contribution in [1.29, 1.82) is 0 Å². The maximum absolute atomic E-state index is 10.2. The van der Waals surface area contributed by atoms with E-state index < -0.39 is 0 Å². The molecule has 2 unspecified atom stereocenters. The Bertz CT molecular complexity index is 461. The van der Waals surface area contributed by atoms with Crippen molar-refractivity contribution >= 4 is 0 Å². The Morgan fingerprint density at radius 3 is 3.05 bits per heavy atom. The van der Waals surface area contributed by atoms with Gasteiger partial charge in [-0.1, -0.05) is 25.0 Å². The molecule has 0 amide bonds. The van der Waals surface area contributed by atoms with Gasteiger partial charge in [-0.15, -0.1) is 0 Å². The smallest absolute Gasteiger partial charge is 0.162 e. The van der Waals surface area contributed by atoms with E-state index >= 15 is 0 Å². The molecule has 1 aromatic carbocycles. The first kappa shape index (κ1) is 13.7. The maximum Gasteiger partial charge on any atom is 0.162 e. The second-order valence-corrected chi connectivity index (χ2v) is 5.70. The standard InChI is InChI=1S/C16H23NO3/c1-19-15-8-4-5-12(16(15)18)11-17-9-10-20-14-7-3-2-6-13(14)17/h4-5,8,13-14,18H,2-3,6-7,9-11H2,1H3. The van der Waals surface area contributed by atoms with Crippen LogP contribution in [0.2, 0.25) is 0 Å². The SMILES string of the molecule is COc1cccc(CN2CCOC3CCCCC32)c1O. The van der Waals surface area contributed by atoms with Crippen LogP contribution in [0.25, 0.3) is 0 Å². The van der Waals surface area contributed by atoms with E-state index in [0.717, 1.165) is 25.3 Å². The lowest BCUT2D eigenvalue weighted by Crippen LogP contribution is -2.52. The molecule has 2 fully saturated rings. The van der Waals surface area contributed by atoms with Gasteiger partial charge in [-0.25, -0.2) is 0 Å². The molecule has 1 aliphatic carbocycles. The summed E-state index contributed by atoms with van der Waals surface area (Å²) < 4.78 is 11.1. The van der Waals surface area contributed by atoms with Gasteiger partial charge in [-0.3, -0.25) is 4.90 Å². The van der Waals surface area contributed by atoms with Crippen molar-refractivity contribution in [2.24, 2.45) is 0 Å². The van der Waals surface area contributed by atoms with E-state index in [1.807, 2.05) is 12.1 Å². The third kappa shape index (κ3) is 2.63. The molecule has 4 heteroatoms. The van der Waals surface area contributed by atoms with Gasteiger partial charge in [-0.05, 0) is 18.9 Å². The van der Waals surface area contributed by atoms with Crippen LogP contribution >= 0.6 is 0 Å². The van der Waals surface area contributed by atoms with Gasteiger partial charge < -0.3 is 14.6 Å². The van der Waals surface area contributed by atoms with E-state index in [9.17, 15) is 5.11 Å². The summed E-state index contributed by atoms with van der Waals surface area (Å²) in [7, 11) is 1.59. The van der Waals surface area contributed by atoms with Gasteiger partial charge in [0.05, 0.1) is 19.8 Å². The van der Waals surface area contributed by atoms with Crippen LogP contribution < -0.4 is 4.74 Å². The molecule has 1 saturated heterocycles. The molecule has 1 saturated carbocycles. The highest BCUT2D eigenvalue weighted by Gasteiger charge is 2.34. The van der Waals surface area contributed by atoms with Crippen molar-refractivity contribution in [3.8, 4) is 11.5 Å². The highest BCUT2D eigenvalue weighted by Crippen LogP contribution is 2.33. The lowest BCUT2D eigenvalue weighted by Gasteiger charge is -2.43. The normalized spacial score (nSPS) is 27.1. The fourth-order valence-corrected chi connectivity index (χ4v) is 3.45. The van der Waals surface area contributed by atoms with Crippen molar-refractivity contribution in [2.45, 2.75) is 44.4 Å². The molecule has 1 heterocycles. The second-order valence-electron chi connectivity index (χ2n) is 5.70. The number of fused-ring (bicyclic) bond motifs is 1. The van der Waals surface area contributed by atoms with Crippen LogP contribution in [0.5, 0.6) is 11.5 Å². The zero-order valence-corrected chi connectivity index (χ0v) is 12.0. The Labute approximate surface area is 120 Å². The predicted molar refractivity (Wildman–Crippen MR) is 77.1 cm³/mol. The van der Waals surface area contributed by atoms with Gasteiger partial charge in [0.1, 0.15) is 0 Å². The van der Waals surface area contributed by atoms with Gasteiger partial charge in [0, 0.05) is 24.7 Å². The van der Waals surface area contributed by atoms with Crippen LogP contribution in [0.3, 0.4) is 0 Å². The summed E-state index contributed by atoms with van der Waals surface area (Å²) in [6.07, 6.45) is 5.32. The first-order valence-corrected chi connectivity index (χ1v) is 7.50. The Kier molecular flexibility index (Phi) is 4.13. The lowest BCUT2D eigenvalue weighted by atomic mass is 9.90. The summed E-state index contributed by atoms with van der Waals surface area (Å²) in [5, 5.41) is 10.2. The number of phenols is 1. The predicted octanol–water partition coefficient (Wildman–Crippen LogP) is 2.54. The molecule has 1 aliphatic heterocycles. The van der Waals surface area contributed by atoms with Gasteiger partial charge in [0.2, 0.25) is 0 Å². The third-order valence-corrected chi connectivity index (χ3v) is 4.52. The average Bonchev–Trinajstić information content (AvgIpc) is 2.50. The van der Waals surface area contributed by atoms with Gasteiger partial charge >= 0.3 is 0 Å². The van der Waals surface area contributed by atoms with E-state index in [1.165, 1.54) is 25.7 Å². The van der Waals surface area contributed by atoms with Crippen LogP contribution in [0, 0.1) is 0 Å². The first-order valence-electron chi connectivity index (χ1n) is 7.50. The minimum absolute atomic E-state index is 0.272. The summed E-state index contributed by atoms with van der Waals surface area (Å²) in [6, 6.07) is 6.21. The van der Waals surface area contributed by atoms with E-state index in [-0.39, 0.29) is 5.75 Å². The third-order valence-electron chi connectivity index (χ3n) is 4.52. The molecule has 0 bridgehead atoms. The Balaban J connectivity index is 1.76. The van der Waals surface area contributed by atoms with Crippen LogP contribution in [0.4, 0.5) is 0 Å². The molecule has 0 radical (unpaired) electrons. The number of hydrogen-bond donors (Lipinski definition) is 1. The van der Waals surface area contributed by atoms with E-state index in [1.54, 1.807) is 13.2 Å². The number of rotatable bonds is 3. The van der Waals surface area contributed by atoms with Crippen LogP contribution in [0.15, 0.2) is 18.2 Å². The van der Waals surface area contributed by atoms with Crippen LogP contribution in [-0.2, 0) is 11.3 Å². The molecular formula is C16H23NO3. The molecule has 20 heavy (non-hydrogen) atoms. The van der Waals surface area contributed by atoms with E-state index in [0.29, 0.717) is 17.9 Å². The van der Waals surface area contributed by atoms with Gasteiger partial charge in [0.25, 0.3) is 0 Å². The number of ether oxygens (including phenoxy) is 2. The minimum atomic E-state index is 0.272. The molecule has 2 atom stereocenters. The number of methoxy groups -OCH3 is 1. The van der Waals surface area contributed by atoms with Crippen molar-refractivity contribution in [1.82, 2.24) is 4.90 Å². The molecule has 0 aromatic heterocycles. The monoisotopic (exact) mass is 277 g/mol.